The van der Waals surface area contributed by atoms with Crippen LogP contribution >= 0.6 is 33.9 Å². The Bertz CT molecular complexity index is 1080. The molecule has 0 spiro atoms. The van der Waals surface area contributed by atoms with Crippen molar-refractivity contribution < 1.29 is 23.5 Å². The Morgan fingerprint density at radius 2 is 2.13 bits per heavy atom. The van der Waals surface area contributed by atoms with Crippen LogP contribution in [0.3, 0.4) is 0 Å². The standard InChI is InChI=1S/C21H21FIN3O4S/c1-21(2)8-11-15(17(27)25-14-5-6-30-20(14)29)19(31-16(11)18(28)24-9-21)26-13-4-3-10(23)7-12(13)22/h3-4,7,14,26H,5-6,8-9H2,1-2H3,(H,24,28)(H,25,27). The first-order valence-corrected chi connectivity index (χ1v) is 11.7. The zero-order valence-corrected chi connectivity index (χ0v) is 19.9. The summed E-state index contributed by atoms with van der Waals surface area (Å²) < 4.78 is 20.2. The van der Waals surface area contributed by atoms with Gasteiger partial charge in [0, 0.05) is 16.5 Å². The fourth-order valence-electron chi connectivity index (χ4n) is 3.66. The van der Waals surface area contributed by atoms with E-state index in [0.29, 0.717) is 34.8 Å². The van der Waals surface area contributed by atoms with Crippen molar-refractivity contribution in [2.45, 2.75) is 32.7 Å². The van der Waals surface area contributed by atoms with Crippen molar-refractivity contribution in [3.05, 3.63) is 43.6 Å². The number of thiophene rings is 1. The number of cyclic esters (lactones) is 1. The smallest absolute Gasteiger partial charge is 0.328 e. The van der Waals surface area contributed by atoms with Crippen LogP contribution in [0.15, 0.2) is 18.2 Å². The Hall–Kier alpha value is -2.21. The summed E-state index contributed by atoms with van der Waals surface area (Å²) in [6.07, 6.45) is 0.865. The normalized spacial score (nSPS) is 19.8. The highest BCUT2D eigenvalue weighted by Crippen LogP contribution is 2.40. The highest BCUT2D eigenvalue weighted by atomic mass is 127. The van der Waals surface area contributed by atoms with Crippen LogP contribution in [0.25, 0.3) is 0 Å². The van der Waals surface area contributed by atoms with Gasteiger partial charge in [-0.05, 0) is 58.2 Å². The van der Waals surface area contributed by atoms with Gasteiger partial charge in [0.2, 0.25) is 0 Å². The fourth-order valence-corrected chi connectivity index (χ4v) is 5.26. The molecule has 1 aromatic carbocycles. The third-order valence-electron chi connectivity index (χ3n) is 5.24. The molecule has 0 saturated carbocycles. The molecule has 2 amide bonds. The number of carbonyl (C=O) groups excluding carboxylic acids is 3. The van der Waals surface area contributed by atoms with E-state index in [2.05, 4.69) is 16.0 Å². The van der Waals surface area contributed by atoms with Gasteiger partial charge in [-0.3, -0.25) is 9.59 Å². The van der Waals surface area contributed by atoms with E-state index < -0.39 is 23.7 Å². The van der Waals surface area contributed by atoms with E-state index in [-0.39, 0.29) is 29.2 Å². The number of hydrogen-bond donors (Lipinski definition) is 3. The number of nitrogens with one attached hydrogen (secondary N) is 3. The van der Waals surface area contributed by atoms with E-state index in [9.17, 15) is 18.8 Å². The van der Waals surface area contributed by atoms with Crippen molar-refractivity contribution in [1.29, 1.82) is 0 Å². The number of rotatable bonds is 4. The van der Waals surface area contributed by atoms with Gasteiger partial charge in [-0.2, -0.15) is 0 Å². The highest BCUT2D eigenvalue weighted by Gasteiger charge is 2.36. The van der Waals surface area contributed by atoms with Crippen LogP contribution in [-0.2, 0) is 16.0 Å². The molecule has 0 radical (unpaired) electrons. The molecule has 31 heavy (non-hydrogen) atoms. The van der Waals surface area contributed by atoms with Gasteiger partial charge >= 0.3 is 5.97 Å². The molecule has 2 aliphatic rings. The monoisotopic (exact) mass is 557 g/mol. The number of ether oxygens (including phenoxy) is 1. The summed E-state index contributed by atoms with van der Waals surface area (Å²) in [4.78, 5) is 38.3. The minimum atomic E-state index is -0.737. The molecule has 1 saturated heterocycles. The first-order valence-electron chi connectivity index (χ1n) is 9.78. The van der Waals surface area contributed by atoms with Crippen molar-refractivity contribution in [3.8, 4) is 0 Å². The molecule has 1 aromatic heterocycles. The second kappa shape index (κ2) is 8.38. The number of carbonyl (C=O) groups is 3. The fraction of sp³-hybridized carbons (Fsp3) is 0.381. The van der Waals surface area contributed by atoms with Gasteiger partial charge in [0.05, 0.1) is 22.7 Å². The zero-order valence-electron chi connectivity index (χ0n) is 16.9. The molecule has 3 heterocycles. The molecule has 7 nitrogen and oxygen atoms in total. The molecular weight excluding hydrogens is 536 g/mol. The van der Waals surface area contributed by atoms with Crippen LogP contribution in [0, 0.1) is 14.8 Å². The van der Waals surface area contributed by atoms with E-state index >= 15 is 0 Å². The summed E-state index contributed by atoms with van der Waals surface area (Å²) in [5, 5.41) is 8.97. The van der Waals surface area contributed by atoms with Crippen molar-refractivity contribution in [1.82, 2.24) is 10.6 Å². The average Bonchev–Trinajstić information content (AvgIpc) is 3.22. The lowest BCUT2D eigenvalue weighted by atomic mass is 9.85. The summed E-state index contributed by atoms with van der Waals surface area (Å²) in [5.41, 5.74) is 0.783. The van der Waals surface area contributed by atoms with Crippen LogP contribution in [0.1, 0.15) is 45.9 Å². The molecule has 0 bridgehead atoms. The third kappa shape index (κ3) is 4.54. The second-order valence-electron chi connectivity index (χ2n) is 8.37. The van der Waals surface area contributed by atoms with E-state index in [0.717, 1.165) is 14.9 Å². The number of anilines is 2. The highest BCUT2D eigenvalue weighted by molar-refractivity contribution is 14.1. The summed E-state index contributed by atoms with van der Waals surface area (Å²) in [6.45, 7) is 4.72. The molecule has 3 N–H and O–H groups in total. The van der Waals surface area contributed by atoms with Gasteiger partial charge in [0.1, 0.15) is 16.9 Å². The second-order valence-corrected chi connectivity index (χ2v) is 10.6. The number of hydrogen-bond acceptors (Lipinski definition) is 6. The molecular formula is C21H21FIN3O4S. The van der Waals surface area contributed by atoms with Gasteiger partial charge in [0.25, 0.3) is 11.8 Å². The van der Waals surface area contributed by atoms with Gasteiger partial charge in [0.15, 0.2) is 0 Å². The first-order chi connectivity index (χ1) is 14.6. The molecule has 1 unspecified atom stereocenters. The van der Waals surface area contributed by atoms with E-state index in [1.54, 1.807) is 12.1 Å². The minimum absolute atomic E-state index is 0.200. The lowest BCUT2D eigenvalue weighted by Gasteiger charge is -2.23. The number of amides is 2. The first kappa shape index (κ1) is 22.0. The van der Waals surface area contributed by atoms with Crippen LogP contribution < -0.4 is 16.0 Å². The molecule has 4 rings (SSSR count). The SMILES string of the molecule is CC1(C)CNC(=O)c2sc(Nc3ccc(I)cc3F)c(C(=O)NC3CCOC3=O)c2C1. The summed E-state index contributed by atoms with van der Waals surface area (Å²) >= 11 is 3.12. The van der Waals surface area contributed by atoms with Crippen molar-refractivity contribution in [3.63, 3.8) is 0 Å². The zero-order chi connectivity index (χ0) is 22.3. The summed E-state index contributed by atoms with van der Waals surface area (Å²) in [6, 6.07) is 3.97. The maximum absolute atomic E-state index is 14.5. The topological polar surface area (TPSA) is 96.5 Å². The average molecular weight is 557 g/mol. The van der Waals surface area contributed by atoms with Gasteiger partial charge in [-0.15, -0.1) is 11.3 Å². The Kier molecular flexibility index (Phi) is 5.95. The van der Waals surface area contributed by atoms with E-state index in [1.807, 2.05) is 36.4 Å². The van der Waals surface area contributed by atoms with Crippen LogP contribution in [0.5, 0.6) is 0 Å². The van der Waals surface area contributed by atoms with Crippen molar-refractivity contribution in [2.24, 2.45) is 5.41 Å². The maximum Gasteiger partial charge on any atom is 0.328 e. The molecule has 164 valence electrons. The lowest BCUT2D eigenvalue weighted by molar-refractivity contribution is -0.139. The molecule has 2 aromatic rings. The minimum Gasteiger partial charge on any atom is -0.464 e. The lowest BCUT2D eigenvalue weighted by Crippen LogP contribution is -2.38. The molecule has 2 aliphatic heterocycles. The third-order valence-corrected chi connectivity index (χ3v) is 7.06. The molecule has 1 atom stereocenters. The van der Waals surface area contributed by atoms with Crippen molar-refractivity contribution in [2.75, 3.05) is 18.5 Å². The molecule has 10 heteroatoms. The number of fused-ring (bicyclic) bond motifs is 1. The van der Waals surface area contributed by atoms with Crippen molar-refractivity contribution >= 4 is 62.4 Å². The Morgan fingerprint density at radius 1 is 1.35 bits per heavy atom. The summed E-state index contributed by atoms with van der Waals surface area (Å²) in [5.74, 6) is -1.70. The Balaban J connectivity index is 1.78. The van der Waals surface area contributed by atoms with Gasteiger partial charge in [-0.1, -0.05) is 13.8 Å². The summed E-state index contributed by atoms with van der Waals surface area (Å²) in [7, 11) is 0. The number of benzene rings is 1. The molecule has 0 aliphatic carbocycles. The van der Waals surface area contributed by atoms with Crippen LogP contribution in [-0.4, -0.2) is 37.0 Å². The maximum atomic E-state index is 14.5. The van der Waals surface area contributed by atoms with E-state index in [1.165, 1.54) is 6.07 Å². The quantitative estimate of drug-likeness (QED) is 0.395. The number of halogens is 2. The number of esters is 1. The van der Waals surface area contributed by atoms with Gasteiger partial charge < -0.3 is 20.7 Å². The Labute approximate surface area is 196 Å². The molecule has 1 fully saturated rings. The largest absolute Gasteiger partial charge is 0.464 e. The predicted octanol–water partition coefficient (Wildman–Crippen LogP) is 3.59. The predicted molar refractivity (Wildman–Crippen MR) is 123 cm³/mol. The van der Waals surface area contributed by atoms with E-state index in [4.69, 9.17) is 4.74 Å². The van der Waals surface area contributed by atoms with Crippen LogP contribution in [0.2, 0.25) is 0 Å². The van der Waals surface area contributed by atoms with Gasteiger partial charge in [-0.25, -0.2) is 9.18 Å². The Morgan fingerprint density at radius 3 is 2.81 bits per heavy atom. The van der Waals surface area contributed by atoms with Crippen LogP contribution in [0.4, 0.5) is 15.1 Å².